The fourth-order valence-corrected chi connectivity index (χ4v) is 3.74. The second-order valence-corrected chi connectivity index (χ2v) is 6.68. The molecule has 4 nitrogen and oxygen atoms in total. The Morgan fingerprint density at radius 2 is 1.84 bits per heavy atom. The lowest BCUT2D eigenvalue weighted by molar-refractivity contribution is -0.115. The molecule has 4 rings (SSSR count). The van der Waals surface area contributed by atoms with Gasteiger partial charge in [0.2, 0.25) is 0 Å². The number of fused-ring (bicyclic) bond motifs is 1. The second-order valence-electron chi connectivity index (χ2n) is 5.70. The summed E-state index contributed by atoms with van der Waals surface area (Å²) < 4.78 is 13.2. The molecule has 0 bridgehead atoms. The Morgan fingerprint density at radius 3 is 2.56 bits per heavy atom. The fourth-order valence-electron chi connectivity index (χ4n) is 2.97. The van der Waals surface area contributed by atoms with E-state index < -0.39 is 0 Å². The summed E-state index contributed by atoms with van der Waals surface area (Å²) >= 11 is 0.906. The van der Waals surface area contributed by atoms with Crippen LogP contribution in [-0.2, 0) is 11.2 Å². The van der Waals surface area contributed by atoms with Crippen molar-refractivity contribution in [2.75, 3.05) is 0 Å². The Morgan fingerprint density at radius 1 is 1.04 bits per heavy atom. The molecule has 0 spiro atoms. The van der Waals surface area contributed by atoms with Gasteiger partial charge in [0.25, 0.3) is 11.1 Å². The van der Waals surface area contributed by atoms with Gasteiger partial charge in [0.1, 0.15) is 5.82 Å². The van der Waals surface area contributed by atoms with Gasteiger partial charge in [-0.05, 0) is 59.1 Å². The molecule has 6 heteroatoms. The predicted octanol–water partition coefficient (Wildman–Crippen LogP) is 4.24. The smallest absolute Gasteiger partial charge is 0.290 e. The number of allylic oxidation sites excluding steroid dienone is 1. The van der Waals surface area contributed by atoms with Gasteiger partial charge in [-0.3, -0.25) is 14.9 Å². The van der Waals surface area contributed by atoms with Crippen LogP contribution in [0.2, 0.25) is 0 Å². The Bertz CT molecular complexity index is 1020. The van der Waals surface area contributed by atoms with E-state index >= 15 is 0 Å². The Kier molecular flexibility index (Phi) is 3.89. The second kappa shape index (κ2) is 6.22. The molecule has 2 N–H and O–H groups in total. The lowest BCUT2D eigenvalue weighted by atomic mass is 9.95. The number of hydrogen-bond acceptors (Lipinski definition) is 3. The van der Waals surface area contributed by atoms with Gasteiger partial charge in [-0.15, -0.1) is 0 Å². The summed E-state index contributed by atoms with van der Waals surface area (Å²) in [6.45, 7) is 0. The standard InChI is InChI=1S/C19H13FN2O2S/c20-12-6-4-11(5-7-12)10-15(17-18(23)22-19(24)25-17)13-2-1-3-16-14(13)8-9-21-16/h1-9,21H,10H2,(H,22,23,24). The third-order valence-corrected chi connectivity index (χ3v) is 5.03. The Labute approximate surface area is 147 Å². The third-order valence-electron chi connectivity index (χ3n) is 4.10. The number of aromatic nitrogens is 1. The molecule has 2 amide bonds. The Hall–Kier alpha value is -2.86. The number of halogens is 1. The predicted molar refractivity (Wildman–Crippen MR) is 96.5 cm³/mol. The van der Waals surface area contributed by atoms with Crippen molar-refractivity contribution in [1.29, 1.82) is 0 Å². The highest BCUT2D eigenvalue weighted by molar-refractivity contribution is 8.18. The summed E-state index contributed by atoms with van der Waals surface area (Å²) in [5.74, 6) is -0.700. The number of aromatic amines is 1. The van der Waals surface area contributed by atoms with Crippen molar-refractivity contribution in [3.63, 3.8) is 0 Å². The monoisotopic (exact) mass is 352 g/mol. The van der Waals surface area contributed by atoms with E-state index in [1.807, 2.05) is 30.5 Å². The topological polar surface area (TPSA) is 62.0 Å². The number of nitrogens with one attached hydrogen (secondary N) is 2. The van der Waals surface area contributed by atoms with Gasteiger partial charge in [0.15, 0.2) is 0 Å². The number of carbonyl (C=O) groups excluding carboxylic acids is 2. The van der Waals surface area contributed by atoms with Crippen molar-refractivity contribution in [2.24, 2.45) is 0 Å². The molecule has 0 unspecified atom stereocenters. The minimum absolute atomic E-state index is 0.311. The first kappa shape index (κ1) is 15.7. The maximum atomic E-state index is 13.2. The van der Waals surface area contributed by atoms with Crippen molar-refractivity contribution in [3.05, 3.63) is 76.6 Å². The van der Waals surface area contributed by atoms with Crippen molar-refractivity contribution in [1.82, 2.24) is 10.3 Å². The van der Waals surface area contributed by atoms with Gasteiger partial charge in [-0.2, -0.15) is 0 Å². The molecule has 25 heavy (non-hydrogen) atoms. The zero-order valence-corrected chi connectivity index (χ0v) is 13.8. The molecule has 3 aromatic rings. The number of thioether (sulfide) groups is 1. The molecule has 0 radical (unpaired) electrons. The van der Waals surface area contributed by atoms with Gasteiger partial charge >= 0.3 is 0 Å². The molecule has 2 heterocycles. The summed E-state index contributed by atoms with van der Waals surface area (Å²) in [5.41, 5.74) is 3.45. The minimum Gasteiger partial charge on any atom is -0.361 e. The highest BCUT2D eigenvalue weighted by Crippen LogP contribution is 2.36. The summed E-state index contributed by atoms with van der Waals surface area (Å²) in [5, 5.41) is 2.91. The normalized spacial score (nSPS) is 16.4. The molecule has 1 aromatic heterocycles. The summed E-state index contributed by atoms with van der Waals surface area (Å²) in [4.78, 5) is 27.4. The average Bonchev–Trinajstić information content (AvgIpc) is 3.20. The molecular formula is C19H13FN2O2S. The molecule has 1 aliphatic heterocycles. The van der Waals surface area contributed by atoms with Gasteiger partial charge in [-0.25, -0.2) is 4.39 Å². The van der Waals surface area contributed by atoms with E-state index in [0.29, 0.717) is 11.3 Å². The zero-order chi connectivity index (χ0) is 17.4. The van der Waals surface area contributed by atoms with E-state index in [1.165, 1.54) is 12.1 Å². The van der Waals surface area contributed by atoms with Crippen molar-refractivity contribution < 1.29 is 14.0 Å². The van der Waals surface area contributed by atoms with E-state index in [1.54, 1.807) is 12.1 Å². The molecule has 1 fully saturated rings. The van der Waals surface area contributed by atoms with Crippen LogP contribution in [0.5, 0.6) is 0 Å². The molecule has 0 atom stereocenters. The maximum absolute atomic E-state index is 13.2. The molecule has 2 aromatic carbocycles. The van der Waals surface area contributed by atoms with E-state index in [0.717, 1.165) is 39.4 Å². The average molecular weight is 352 g/mol. The number of rotatable bonds is 3. The Balaban J connectivity index is 1.89. The van der Waals surface area contributed by atoms with Crippen molar-refractivity contribution in [2.45, 2.75) is 6.42 Å². The minimum atomic E-state index is -0.389. The van der Waals surface area contributed by atoms with Crippen LogP contribution < -0.4 is 5.32 Å². The first-order valence-electron chi connectivity index (χ1n) is 7.69. The van der Waals surface area contributed by atoms with E-state index in [9.17, 15) is 14.0 Å². The van der Waals surface area contributed by atoms with Crippen molar-refractivity contribution in [3.8, 4) is 0 Å². The highest BCUT2D eigenvalue weighted by Gasteiger charge is 2.29. The first-order valence-corrected chi connectivity index (χ1v) is 8.51. The molecule has 1 aliphatic rings. The SMILES string of the molecule is O=C1NC(=O)C(=C(Cc2ccc(F)cc2)c2cccc3[nH]ccc23)S1. The van der Waals surface area contributed by atoms with E-state index in [-0.39, 0.29) is 17.0 Å². The summed E-state index contributed by atoms with van der Waals surface area (Å²) in [6.07, 6.45) is 2.26. The van der Waals surface area contributed by atoms with Gasteiger partial charge in [-0.1, -0.05) is 24.3 Å². The number of amides is 2. The van der Waals surface area contributed by atoms with Crippen LogP contribution in [0.3, 0.4) is 0 Å². The number of imide groups is 1. The van der Waals surface area contributed by atoms with Crippen LogP contribution in [0, 0.1) is 5.82 Å². The quantitative estimate of drug-likeness (QED) is 0.693. The summed E-state index contributed by atoms with van der Waals surface area (Å²) in [6, 6.07) is 13.9. The van der Waals surface area contributed by atoms with Crippen molar-refractivity contribution >= 4 is 39.4 Å². The summed E-state index contributed by atoms with van der Waals surface area (Å²) in [7, 11) is 0. The van der Waals surface area contributed by atoms with E-state index in [4.69, 9.17) is 0 Å². The van der Waals surface area contributed by atoms with Gasteiger partial charge in [0, 0.05) is 17.1 Å². The van der Waals surface area contributed by atoms with Crippen LogP contribution in [0.15, 0.2) is 59.6 Å². The van der Waals surface area contributed by atoms with Crippen LogP contribution in [0.25, 0.3) is 16.5 Å². The van der Waals surface area contributed by atoms with Crippen LogP contribution in [0.4, 0.5) is 9.18 Å². The zero-order valence-electron chi connectivity index (χ0n) is 13.0. The fraction of sp³-hybridized carbons (Fsp3) is 0.0526. The molecule has 124 valence electrons. The highest BCUT2D eigenvalue weighted by atomic mass is 32.2. The number of benzene rings is 2. The van der Waals surface area contributed by atoms with Gasteiger partial charge in [0.05, 0.1) is 4.91 Å². The molecular weight excluding hydrogens is 339 g/mol. The lowest BCUT2D eigenvalue weighted by Gasteiger charge is -2.12. The third kappa shape index (κ3) is 2.96. The maximum Gasteiger partial charge on any atom is 0.290 e. The van der Waals surface area contributed by atoms with Crippen LogP contribution >= 0.6 is 11.8 Å². The molecule has 0 saturated carbocycles. The van der Waals surface area contributed by atoms with Crippen LogP contribution in [-0.4, -0.2) is 16.1 Å². The number of H-pyrrole nitrogens is 1. The van der Waals surface area contributed by atoms with Gasteiger partial charge < -0.3 is 4.98 Å². The van der Waals surface area contributed by atoms with E-state index in [2.05, 4.69) is 10.3 Å². The lowest BCUT2D eigenvalue weighted by Crippen LogP contribution is -2.18. The first-order chi connectivity index (χ1) is 12.1. The number of hydrogen-bond donors (Lipinski definition) is 2. The van der Waals surface area contributed by atoms with Crippen LogP contribution in [0.1, 0.15) is 11.1 Å². The number of carbonyl (C=O) groups is 2. The largest absolute Gasteiger partial charge is 0.361 e. The molecule has 1 saturated heterocycles. The molecule has 0 aliphatic carbocycles.